The van der Waals surface area contributed by atoms with Gasteiger partial charge in [-0.05, 0) is 56.7 Å². The Morgan fingerprint density at radius 1 is 1.28 bits per heavy atom. The number of aromatic nitrogens is 5. The lowest BCUT2D eigenvalue weighted by molar-refractivity contribution is 0.0832. The SMILES string of the molecule is C=C.C=C(NC1CCN(c2nc(CC)nc3c(F)c(/C=c4\c(C#N)c(N)s\c4=C/F)c(Cl)c(CC)c23)C1)n1cnc(C(F)F)n1.FC1CC2(CCCN2)C1. The van der Waals surface area contributed by atoms with E-state index in [1.54, 1.807) is 0 Å². The molecule has 0 bridgehead atoms. The number of nitrogens with zero attached hydrogens (tertiary/aromatic N) is 7. The summed E-state index contributed by atoms with van der Waals surface area (Å²) in [5.74, 6) is -0.111. The number of halogens is 6. The van der Waals surface area contributed by atoms with E-state index in [-0.39, 0.29) is 53.8 Å². The van der Waals surface area contributed by atoms with E-state index in [1.165, 1.54) is 25.2 Å². The van der Waals surface area contributed by atoms with Gasteiger partial charge in [0.2, 0.25) is 5.82 Å². The summed E-state index contributed by atoms with van der Waals surface area (Å²) in [6.45, 7) is 15.7. The Bertz CT molecular complexity index is 2170. The zero-order valence-electron chi connectivity index (χ0n) is 30.0. The van der Waals surface area contributed by atoms with E-state index in [0.29, 0.717) is 61.3 Å². The minimum Gasteiger partial charge on any atom is -0.389 e. The Hall–Kier alpha value is -4.59. The largest absolute Gasteiger partial charge is 0.389 e. The molecular formula is C37H42ClF5N10S. The Labute approximate surface area is 318 Å². The number of benzene rings is 1. The average molecular weight is 789 g/mol. The van der Waals surface area contributed by atoms with Crippen LogP contribution in [0.15, 0.2) is 26.1 Å². The number of nitrogens with one attached hydrogen (secondary N) is 2. The predicted octanol–water partition coefficient (Wildman–Crippen LogP) is 6.47. The Morgan fingerprint density at radius 2 is 2.02 bits per heavy atom. The predicted molar refractivity (Wildman–Crippen MR) is 205 cm³/mol. The van der Waals surface area contributed by atoms with Crippen molar-refractivity contribution < 1.29 is 22.0 Å². The number of thiophene rings is 1. The molecule has 288 valence electrons. The van der Waals surface area contributed by atoms with Gasteiger partial charge in [-0.25, -0.2) is 41.6 Å². The van der Waals surface area contributed by atoms with Crippen molar-refractivity contribution in [2.75, 3.05) is 30.3 Å². The number of alkyl halides is 3. The van der Waals surface area contributed by atoms with Crippen molar-refractivity contribution >= 4 is 62.9 Å². The average Bonchev–Trinajstić information content (AvgIpc) is 3.98. The molecule has 1 saturated carbocycles. The topological polar surface area (TPSA) is 134 Å². The minimum atomic E-state index is -2.80. The van der Waals surface area contributed by atoms with Crippen LogP contribution in [-0.2, 0) is 12.8 Å². The van der Waals surface area contributed by atoms with Crippen LogP contribution in [0.2, 0.25) is 5.02 Å². The molecule has 0 amide bonds. The summed E-state index contributed by atoms with van der Waals surface area (Å²) in [5.41, 5.74) is 6.84. The maximum atomic E-state index is 16.4. The van der Waals surface area contributed by atoms with Gasteiger partial charge in [0.1, 0.15) is 52.9 Å². The quantitative estimate of drug-likeness (QED) is 0.136. The molecule has 10 nitrogen and oxygen atoms in total. The highest BCUT2D eigenvalue weighted by Crippen LogP contribution is 2.41. The molecule has 54 heavy (non-hydrogen) atoms. The molecule has 17 heteroatoms. The Balaban J connectivity index is 0.000000436. The van der Waals surface area contributed by atoms with Crippen LogP contribution in [0.3, 0.4) is 0 Å². The second-order valence-electron chi connectivity index (χ2n) is 13.1. The lowest BCUT2D eigenvalue weighted by Crippen LogP contribution is -2.52. The molecule has 1 aromatic carbocycles. The highest BCUT2D eigenvalue weighted by Gasteiger charge is 2.45. The van der Waals surface area contributed by atoms with E-state index in [1.807, 2.05) is 24.8 Å². The van der Waals surface area contributed by atoms with Crippen LogP contribution in [0, 0.1) is 17.1 Å². The summed E-state index contributed by atoms with van der Waals surface area (Å²) in [4.78, 5) is 14.9. The van der Waals surface area contributed by atoms with E-state index in [2.05, 4.69) is 45.4 Å². The molecule has 1 aliphatic carbocycles. The summed E-state index contributed by atoms with van der Waals surface area (Å²) < 4.78 is 69.5. The number of anilines is 2. The third kappa shape index (κ3) is 8.08. The van der Waals surface area contributed by atoms with Crippen molar-refractivity contribution in [3.63, 3.8) is 0 Å². The number of hydrogen-bond donors (Lipinski definition) is 3. The number of nitrogen functional groups attached to an aromatic ring is 1. The van der Waals surface area contributed by atoms with Crippen LogP contribution < -0.4 is 31.0 Å². The fourth-order valence-electron chi connectivity index (χ4n) is 7.12. The molecule has 3 aliphatic rings. The molecule has 3 fully saturated rings. The van der Waals surface area contributed by atoms with Gasteiger partial charge in [-0.1, -0.05) is 32.0 Å². The third-order valence-electron chi connectivity index (χ3n) is 9.75. The molecule has 4 aromatic rings. The highest BCUT2D eigenvalue weighted by atomic mass is 35.5. The second-order valence-corrected chi connectivity index (χ2v) is 14.5. The number of nitriles is 1. The molecule has 1 spiro atoms. The van der Waals surface area contributed by atoms with E-state index >= 15 is 4.39 Å². The van der Waals surface area contributed by atoms with Gasteiger partial charge in [-0.2, -0.15) is 5.26 Å². The van der Waals surface area contributed by atoms with Crippen molar-refractivity contribution in [3.8, 4) is 6.07 Å². The summed E-state index contributed by atoms with van der Waals surface area (Å²) in [6.07, 6.45) is 4.99. The highest BCUT2D eigenvalue weighted by molar-refractivity contribution is 7.14. The zero-order chi connectivity index (χ0) is 39.3. The molecule has 2 saturated heterocycles. The number of fused-ring (bicyclic) bond motifs is 1. The van der Waals surface area contributed by atoms with Gasteiger partial charge in [0.25, 0.3) is 6.43 Å². The first kappa shape index (κ1) is 40.6. The zero-order valence-corrected chi connectivity index (χ0v) is 31.6. The first-order valence-corrected chi connectivity index (χ1v) is 18.7. The molecular weight excluding hydrogens is 747 g/mol. The lowest BCUT2D eigenvalue weighted by Gasteiger charge is -2.41. The first-order chi connectivity index (χ1) is 25.9. The van der Waals surface area contributed by atoms with E-state index in [9.17, 15) is 22.8 Å². The van der Waals surface area contributed by atoms with Gasteiger partial charge in [0.05, 0.1) is 20.5 Å². The van der Waals surface area contributed by atoms with Gasteiger partial charge in [-0.3, -0.25) is 0 Å². The Kier molecular flexibility index (Phi) is 13.0. The van der Waals surface area contributed by atoms with Crippen LogP contribution in [0.25, 0.3) is 29.1 Å². The van der Waals surface area contributed by atoms with Crippen LogP contribution in [0.5, 0.6) is 0 Å². The smallest absolute Gasteiger partial charge is 0.299 e. The molecule has 7 rings (SSSR count). The van der Waals surface area contributed by atoms with Crippen LogP contribution in [-0.4, -0.2) is 62.1 Å². The third-order valence-corrected chi connectivity index (χ3v) is 11.1. The summed E-state index contributed by atoms with van der Waals surface area (Å²) in [5, 5.41) is 20.7. The van der Waals surface area contributed by atoms with Crippen molar-refractivity contribution in [1.82, 2.24) is 35.4 Å². The van der Waals surface area contributed by atoms with Crippen molar-refractivity contribution in [3.05, 3.63) is 75.0 Å². The molecule has 1 unspecified atom stereocenters. The van der Waals surface area contributed by atoms with Crippen molar-refractivity contribution in [2.24, 2.45) is 0 Å². The number of aryl methyl sites for hydroxylation is 2. The van der Waals surface area contributed by atoms with E-state index in [4.69, 9.17) is 22.3 Å². The molecule has 2 aliphatic heterocycles. The minimum absolute atomic E-state index is 0.0246. The summed E-state index contributed by atoms with van der Waals surface area (Å²) in [6, 6.07) is 1.81. The van der Waals surface area contributed by atoms with Gasteiger partial charge in [0.15, 0.2) is 5.82 Å². The number of rotatable bonds is 8. The maximum absolute atomic E-state index is 16.4. The molecule has 3 aromatic heterocycles. The number of hydrogen-bond acceptors (Lipinski definition) is 10. The summed E-state index contributed by atoms with van der Waals surface area (Å²) >= 11 is 7.71. The maximum Gasteiger partial charge on any atom is 0.299 e. The lowest BCUT2D eigenvalue weighted by atomic mass is 9.74. The second kappa shape index (κ2) is 17.3. The molecule has 5 heterocycles. The molecule has 4 N–H and O–H groups in total. The number of nitrogens with two attached hydrogens (primary N) is 1. The fourth-order valence-corrected chi connectivity index (χ4v) is 8.30. The normalized spacial score (nSPS) is 21.1. The molecule has 1 atom stereocenters. The van der Waals surface area contributed by atoms with Crippen LogP contribution in [0.4, 0.5) is 32.8 Å². The van der Waals surface area contributed by atoms with Crippen LogP contribution in [0.1, 0.15) is 80.7 Å². The summed E-state index contributed by atoms with van der Waals surface area (Å²) in [7, 11) is 0. The monoisotopic (exact) mass is 788 g/mol. The van der Waals surface area contributed by atoms with Gasteiger partial charge in [0, 0.05) is 41.9 Å². The van der Waals surface area contributed by atoms with Gasteiger partial charge < -0.3 is 21.3 Å². The Morgan fingerprint density at radius 3 is 2.59 bits per heavy atom. The first-order valence-electron chi connectivity index (χ1n) is 17.5. The van der Waals surface area contributed by atoms with Gasteiger partial charge >= 0.3 is 0 Å². The van der Waals surface area contributed by atoms with E-state index < -0.39 is 24.2 Å². The molecule has 0 radical (unpaired) electrons. The van der Waals surface area contributed by atoms with E-state index in [0.717, 1.165) is 35.4 Å². The fraction of sp³-hybridized carbons (Fsp3) is 0.432. The van der Waals surface area contributed by atoms with Crippen LogP contribution >= 0.6 is 22.9 Å². The van der Waals surface area contributed by atoms with Gasteiger partial charge in [-0.15, -0.1) is 29.6 Å². The van der Waals surface area contributed by atoms with Crippen molar-refractivity contribution in [2.45, 2.75) is 83.0 Å². The standard InChI is InChI=1S/C28H26ClF4N9S.C7H12FN.C2H4/c1-4-15-21-24(23(31)17(22(15)29)8-16-18(10-34)26(35)43-19(16)9-30)38-20(5-2)39-28(21)41-7-6-14(11-41)37-13(3)42-12-36-27(40-42)25(32)33;8-6-4-7(5-6)2-1-3-9-7;1-2/h8-9,12,14,25,37H,3-7,11,35H2,1-2H3;6,9H,1-5H2;1-2H2/b16-8+,19-9-;;. The van der Waals surface area contributed by atoms with Crippen molar-refractivity contribution in [1.29, 1.82) is 5.26 Å².